The molecule has 2 aromatic rings. The third-order valence-corrected chi connectivity index (χ3v) is 2.62. The molecule has 0 saturated carbocycles. The van der Waals surface area contributed by atoms with Gasteiger partial charge in [0, 0.05) is 5.56 Å². The fraction of sp³-hybridized carbons (Fsp3) is 0.143. The summed E-state index contributed by atoms with van der Waals surface area (Å²) in [5.74, 6) is -0.632. The van der Waals surface area contributed by atoms with Crippen molar-refractivity contribution in [3.05, 3.63) is 58.9 Å². The lowest BCUT2D eigenvalue weighted by atomic mass is 10.1. The quantitative estimate of drug-likeness (QED) is 0.665. The standard InChI is InChI=1S/C14H13NO3/c1-9-4-3-5-10(8-9)13(16)11-6-7-12(15-11)14(17)18-2/h3-8,15H,1-2H3. The van der Waals surface area contributed by atoms with Gasteiger partial charge in [0.1, 0.15) is 5.69 Å². The largest absolute Gasteiger partial charge is 0.464 e. The number of aromatic nitrogens is 1. The van der Waals surface area contributed by atoms with Gasteiger partial charge in [-0.2, -0.15) is 0 Å². The lowest BCUT2D eigenvalue weighted by Crippen LogP contribution is -2.05. The van der Waals surface area contributed by atoms with Crippen molar-refractivity contribution < 1.29 is 14.3 Å². The Labute approximate surface area is 105 Å². The van der Waals surface area contributed by atoms with Gasteiger partial charge in [-0.25, -0.2) is 4.79 Å². The number of aryl methyl sites for hydroxylation is 1. The molecule has 0 fully saturated rings. The summed E-state index contributed by atoms with van der Waals surface area (Å²) in [5.41, 5.74) is 2.25. The van der Waals surface area contributed by atoms with Crippen LogP contribution in [0.1, 0.15) is 32.1 Å². The number of methoxy groups -OCH3 is 1. The summed E-state index contributed by atoms with van der Waals surface area (Å²) in [6.07, 6.45) is 0. The molecule has 1 aromatic carbocycles. The van der Waals surface area contributed by atoms with Crippen LogP contribution in [0.5, 0.6) is 0 Å². The van der Waals surface area contributed by atoms with Gasteiger partial charge < -0.3 is 9.72 Å². The number of aromatic amines is 1. The second-order valence-corrected chi connectivity index (χ2v) is 3.98. The molecule has 0 amide bonds. The Hall–Kier alpha value is -2.36. The molecule has 0 aliphatic rings. The highest BCUT2D eigenvalue weighted by molar-refractivity contribution is 6.08. The van der Waals surface area contributed by atoms with Crippen LogP contribution in [0.25, 0.3) is 0 Å². The third kappa shape index (κ3) is 2.32. The van der Waals surface area contributed by atoms with Crippen LogP contribution in [0.2, 0.25) is 0 Å². The number of esters is 1. The fourth-order valence-electron chi connectivity index (χ4n) is 1.70. The predicted molar refractivity (Wildman–Crippen MR) is 66.7 cm³/mol. The minimum atomic E-state index is -0.488. The lowest BCUT2D eigenvalue weighted by Gasteiger charge is -2.00. The minimum absolute atomic E-state index is 0.145. The van der Waals surface area contributed by atoms with E-state index in [9.17, 15) is 9.59 Å². The van der Waals surface area contributed by atoms with Gasteiger partial charge in [0.25, 0.3) is 0 Å². The van der Waals surface area contributed by atoms with Crippen molar-refractivity contribution in [1.82, 2.24) is 4.98 Å². The molecule has 0 bridgehead atoms. The first kappa shape index (κ1) is 12.1. The summed E-state index contributed by atoms with van der Waals surface area (Å²) < 4.78 is 4.57. The molecular weight excluding hydrogens is 230 g/mol. The molecule has 0 atom stereocenters. The summed E-state index contributed by atoms with van der Waals surface area (Å²) in [6, 6.07) is 10.4. The van der Waals surface area contributed by atoms with Crippen LogP contribution in [0, 0.1) is 6.92 Å². The molecule has 0 aliphatic carbocycles. The summed E-state index contributed by atoms with van der Waals surface area (Å²) in [5, 5.41) is 0. The van der Waals surface area contributed by atoms with Gasteiger partial charge in [0.2, 0.25) is 5.78 Å². The van der Waals surface area contributed by atoms with E-state index in [-0.39, 0.29) is 11.5 Å². The van der Waals surface area contributed by atoms with Crippen molar-refractivity contribution >= 4 is 11.8 Å². The SMILES string of the molecule is COC(=O)c1ccc(C(=O)c2cccc(C)c2)[nH]1. The Kier molecular flexibility index (Phi) is 3.28. The number of ether oxygens (including phenoxy) is 1. The fourth-order valence-corrected chi connectivity index (χ4v) is 1.70. The van der Waals surface area contributed by atoms with Gasteiger partial charge in [-0.1, -0.05) is 23.8 Å². The number of hydrogen-bond acceptors (Lipinski definition) is 3. The molecule has 4 heteroatoms. The third-order valence-electron chi connectivity index (χ3n) is 2.62. The average molecular weight is 243 g/mol. The number of carbonyl (C=O) groups is 2. The number of H-pyrrole nitrogens is 1. The highest BCUT2D eigenvalue weighted by Gasteiger charge is 2.14. The van der Waals surface area contributed by atoms with Crippen LogP contribution < -0.4 is 0 Å². The smallest absolute Gasteiger partial charge is 0.354 e. The molecule has 0 unspecified atom stereocenters. The van der Waals surface area contributed by atoms with Crippen molar-refractivity contribution in [3.63, 3.8) is 0 Å². The van der Waals surface area contributed by atoms with Crippen molar-refractivity contribution in [2.75, 3.05) is 7.11 Å². The Morgan fingerprint density at radius 2 is 1.83 bits per heavy atom. The lowest BCUT2D eigenvalue weighted by molar-refractivity contribution is 0.0595. The first-order chi connectivity index (χ1) is 8.61. The second-order valence-electron chi connectivity index (χ2n) is 3.98. The van der Waals surface area contributed by atoms with Crippen LogP contribution in [0.3, 0.4) is 0 Å². The van der Waals surface area contributed by atoms with E-state index in [4.69, 9.17) is 0 Å². The van der Waals surface area contributed by atoms with Gasteiger partial charge in [-0.15, -0.1) is 0 Å². The summed E-state index contributed by atoms with van der Waals surface area (Å²) in [4.78, 5) is 26.2. The Bertz CT molecular complexity index is 599. The minimum Gasteiger partial charge on any atom is -0.464 e. The average Bonchev–Trinajstić information content (AvgIpc) is 2.86. The Morgan fingerprint density at radius 3 is 2.50 bits per heavy atom. The Morgan fingerprint density at radius 1 is 1.11 bits per heavy atom. The number of nitrogens with one attached hydrogen (secondary N) is 1. The zero-order chi connectivity index (χ0) is 13.1. The molecule has 1 N–H and O–H groups in total. The molecule has 18 heavy (non-hydrogen) atoms. The van der Waals surface area contributed by atoms with E-state index in [0.29, 0.717) is 11.3 Å². The summed E-state index contributed by atoms with van der Waals surface area (Å²) in [6.45, 7) is 1.92. The normalized spacial score (nSPS) is 10.1. The van der Waals surface area contributed by atoms with Gasteiger partial charge in [-0.3, -0.25) is 4.79 Å². The molecule has 0 radical (unpaired) electrons. The van der Waals surface area contributed by atoms with Crippen molar-refractivity contribution in [3.8, 4) is 0 Å². The predicted octanol–water partition coefficient (Wildman–Crippen LogP) is 2.34. The number of carbonyl (C=O) groups excluding carboxylic acids is 2. The highest BCUT2D eigenvalue weighted by Crippen LogP contribution is 2.12. The van der Waals surface area contributed by atoms with Gasteiger partial charge >= 0.3 is 5.97 Å². The molecule has 2 rings (SSSR count). The molecule has 0 aliphatic heterocycles. The van der Waals surface area contributed by atoms with Gasteiger partial charge in [0.15, 0.2) is 0 Å². The first-order valence-corrected chi connectivity index (χ1v) is 5.50. The summed E-state index contributed by atoms with van der Waals surface area (Å²) >= 11 is 0. The van der Waals surface area contributed by atoms with Crippen molar-refractivity contribution in [1.29, 1.82) is 0 Å². The van der Waals surface area contributed by atoms with Gasteiger partial charge in [0.05, 0.1) is 12.8 Å². The maximum absolute atomic E-state index is 12.1. The molecule has 92 valence electrons. The second kappa shape index (κ2) is 4.87. The van der Waals surface area contributed by atoms with Crippen LogP contribution >= 0.6 is 0 Å². The van der Waals surface area contributed by atoms with Crippen LogP contribution in [0.4, 0.5) is 0 Å². The van der Waals surface area contributed by atoms with E-state index in [1.807, 2.05) is 19.1 Å². The van der Waals surface area contributed by atoms with E-state index >= 15 is 0 Å². The maximum Gasteiger partial charge on any atom is 0.354 e. The number of benzene rings is 1. The van der Waals surface area contributed by atoms with Crippen LogP contribution in [-0.2, 0) is 4.74 Å². The monoisotopic (exact) mass is 243 g/mol. The van der Waals surface area contributed by atoms with Crippen molar-refractivity contribution in [2.24, 2.45) is 0 Å². The van der Waals surface area contributed by atoms with Gasteiger partial charge in [-0.05, 0) is 25.1 Å². The first-order valence-electron chi connectivity index (χ1n) is 5.50. The van der Waals surface area contributed by atoms with Crippen LogP contribution in [-0.4, -0.2) is 23.8 Å². The van der Waals surface area contributed by atoms with Crippen molar-refractivity contribution in [2.45, 2.75) is 6.92 Å². The molecule has 0 spiro atoms. The zero-order valence-corrected chi connectivity index (χ0v) is 10.2. The topological polar surface area (TPSA) is 59.2 Å². The van der Waals surface area contributed by atoms with E-state index < -0.39 is 5.97 Å². The van der Waals surface area contributed by atoms with E-state index in [1.54, 1.807) is 18.2 Å². The van der Waals surface area contributed by atoms with E-state index in [2.05, 4.69) is 9.72 Å². The highest BCUT2D eigenvalue weighted by atomic mass is 16.5. The Balaban J connectivity index is 2.29. The number of rotatable bonds is 3. The summed E-state index contributed by atoms with van der Waals surface area (Å²) in [7, 11) is 1.30. The molecule has 4 nitrogen and oxygen atoms in total. The van der Waals surface area contributed by atoms with E-state index in [0.717, 1.165) is 5.56 Å². The molecule has 1 aromatic heterocycles. The molecule has 1 heterocycles. The maximum atomic E-state index is 12.1. The molecular formula is C14H13NO3. The number of hydrogen-bond donors (Lipinski definition) is 1. The van der Waals surface area contributed by atoms with Crippen LogP contribution in [0.15, 0.2) is 36.4 Å². The number of ketones is 1. The molecule has 0 saturated heterocycles. The van der Waals surface area contributed by atoms with E-state index in [1.165, 1.54) is 13.2 Å². The zero-order valence-electron chi connectivity index (χ0n) is 10.2.